The lowest BCUT2D eigenvalue weighted by Crippen LogP contribution is -2.46. The molecule has 0 spiro atoms. The maximum atomic E-state index is 12.2. The molecule has 1 saturated heterocycles. The molecule has 2 amide bonds. The molecular weight excluding hydrogens is 332 g/mol. The number of amides is 2. The molecule has 0 bridgehead atoms. The van der Waals surface area contributed by atoms with Crippen molar-refractivity contribution in [3.05, 3.63) is 24.3 Å². The van der Waals surface area contributed by atoms with Crippen molar-refractivity contribution < 1.29 is 23.1 Å². The fourth-order valence-corrected chi connectivity index (χ4v) is 2.94. The lowest BCUT2D eigenvalue weighted by atomic mass is 10.2. The third kappa shape index (κ3) is 5.12. The van der Waals surface area contributed by atoms with Crippen LogP contribution in [0, 0.1) is 0 Å². The average Bonchev–Trinajstić information content (AvgIpc) is 3.24. The van der Waals surface area contributed by atoms with Crippen LogP contribution in [0.25, 0.3) is 0 Å². The quantitative estimate of drug-likeness (QED) is 0.786. The minimum Gasteiger partial charge on any atom is -0.435 e. The highest BCUT2D eigenvalue weighted by Gasteiger charge is 2.34. The molecule has 2 N–H and O–H groups in total. The molecular formula is C17H21F2N3O3. The molecule has 0 aromatic heterocycles. The fraction of sp³-hybridized carbons (Fsp3) is 0.529. The number of alkyl halides is 2. The van der Waals surface area contributed by atoms with Crippen LogP contribution in [0.1, 0.15) is 25.7 Å². The van der Waals surface area contributed by atoms with Crippen molar-refractivity contribution >= 4 is 17.5 Å². The van der Waals surface area contributed by atoms with E-state index in [2.05, 4.69) is 15.4 Å². The van der Waals surface area contributed by atoms with E-state index in [0.717, 1.165) is 25.7 Å². The van der Waals surface area contributed by atoms with Crippen molar-refractivity contribution in [2.45, 2.75) is 44.4 Å². The maximum absolute atomic E-state index is 12.2. The van der Waals surface area contributed by atoms with Gasteiger partial charge in [0, 0.05) is 11.7 Å². The molecule has 1 aliphatic carbocycles. The van der Waals surface area contributed by atoms with Crippen LogP contribution in [-0.2, 0) is 9.59 Å². The second kappa shape index (κ2) is 7.77. The van der Waals surface area contributed by atoms with E-state index >= 15 is 0 Å². The summed E-state index contributed by atoms with van der Waals surface area (Å²) in [7, 11) is 0. The Labute approximate surface area is 144 Å². The normalized spacial score (nSPS) is 20.5. The van der Waals surface area contributed by atoms with Crippen LogP contribution < -0.4 is 15.4 Å². The first kappa shape index (κ1) is 17.6. The second-order valence-corrected chi connectivity index (χ2v) is 6.36. The van der Waals surface area contributed by atoms with E-state index in [4.69, 9.17) is 0 Å². The number of anilines is 1. The summed E-state index contributed by atoms with van der Waals surface area (Å²) in [4.78, 5) is 26.3. The van der Waals surface area contributed by atoms with E-state index in [1.165, 1.54) is 24.3 Å². The van der Waals surface area contributed by atoms with Gasteiger partial charge in [-0.2, -0.15) is 8.78 Å². The number of nitrogens with one attached hydrogen (secondary N) is 2. The van der Waals surface area contributed by atoms with Crippen LogP contribution in [-0.4, -0.2) is 48.5 Å². The van der Waals surface area contributed by atoms with Gasteiger partial charge < -0.3 is 15.4 Å². The van der Waals surface area contributed by atoms with Gasteiger partial charge >= 0.3 is 6.61 Å². The number of hydrogen-bond donors (Lipinski definition) is 2. The summed E-state index contributed by atoms with van der Waals surface area (Å²) in [6, 6.07) is 5.77. The van der Waals surface area contributed by atoms with Gasteiger partial charge in [-0.1, -0.05) is 0 Å². The van der Waals surface area contributed by atoms with Gasteiger partial charge in [-0.3, -0.25) is 14.5 Å². The number of benzene rings is 1. The van der Waals surface area contributed by atoms with Gasteiger partial charge in [-0.05, 0) is 56.5 Å². The van der Waals surface area contributed by atoms with Crippen LogP contribution in [0.15, 0.2) is 24.3 Å². The standard InChI is InChI=1S/C17H21F2N3O3/c18-17(19)25-13-7-5-11(6-8-13)20-15(23)10-22-9-1-2-14(22)16(24)21-12-3-4-12/h5-8,12,14,17H,1-4,9-10H2,(H,20,23)(H,21,24). The number of carbonyl (C=O) groups is 2. The van der Waals surface area contributed by atoms with Gasteiger partial charge in [0.15, 0.2) is 0 Å². The highest BCUT2D eigenvalue weighted by Crippen LogP contribution is 2.22. The molecule has 2 fully saturated rings. The Kier molecular flexibility index (Phi) is 5.47. The summed E-state index contributed by atoms with van der Waals surface area (Å²) in [6.07, 6.45) is 3.70. The van der Waals surface area contributed by atoms with Gasteiger partial charge in [0.05, 0.1) is 12.6 Å². The van der Waals surface area contributed by atoms with Crippen molar-refractivity contribution in [2.24, 2.45) is 0 Å². The lowest BCUT2D eigenvalue weighted by Gasteiger charge is -2.23. The van der Waals surface area contributed by atoms with Gasteiger partial charge in [0.2, 0.25) is 11.8 Å². The number of ether oxygens (including phenoxy) is 1. The van der Waals surface area contributed by atoms with Crippen LogP contribution in [0.3, 0.4) is 0 Å². The highest BCUT2D eigenvalue weighted by atomic mass is 19.3. The minimum atomic E-state index is -2.88. The summed E-state index contributed by atoms with van der Waals surface area (Å²) >= 11 is 0. The van der Waals surface area contributed by atoms with Crippen molar-refractivity contribution in [1.29, 1.82) is 0 Å². The molecule has 1 unspecified atom stereocenters. The van der Waals surface area contributed by atoms with E-state index in [9.17, 15) is 18.4 Å². The molecule has 1 aromatic carbocycles. The number of likely N-dealkylation sites (tertiary alicyclic amines) is 1. The molecule has 1 atom stereocenters. The summed E-state index contributed by atoms with van der Waals surface area (Å²) in [5, 5.41) is 5.69. The molecule has 2 aliphatic rings. The number of hydrogen-bond acceptors (Lipinski definition) is 4. The van der Waals surface area contributed by atoms with Crippen molar-refractivity contribution in [3.63, 3.8) is 0 Å². The number of rotatable bonds is 7. The Morgan fingerprint density at radius 2 is 1.92 bits per heavy atom. The molecule has 6 nitrogen and oxygen atoms in total. The zero-order valence-corrected chi connectivity index (χ0v) is 13.7. The van der Waals surface area contributed by atoms with Gasteiger partial charge in [0.1, 0.15) is 5.75 Å². The van der Waals surface area contributed by atoms with Crippen molar-refractivity contribution in [1.82, 2.24) is 10.2 Å². The first-order valence-corrected chi connectivity index (χ1v) is 8.40. The number of carbonyl (C=O) groups excluding carboxylic acids is 2. The Bertz CT molecular complexity index is 620. The smallest absolute Gasteiger partial charge is 0.387 e. The van der Waals surface area contributed by atoms with Gasteiger partial charge in [-0.15, -0.1) is 0 Å². The Morgan fingerprint density at radius 1 is 1.20 bits per heavy atom. The van der Waals surface area contributed by atoms with Gasteiger partial charge in [0.25, 0.3) is 0 Å². The Morgan fingerprint density at radius 3 is 2.56 bits per heavy atom. The molecule has 1 heterocycles. The van der Waals surface area contributed by atoms with E-state index < -0.39 is 6.61 Å². The first-order chi connectivity index (χ1) is 12.0. The monoisotopic (exact) mass is 353 g/mol. The van der Waals surface area contributed by atoms with Crippen LogP contribution in [0.5, 0.6) is 5.75 Å². The van der Waals surface area contributed by atoms with Crippen LogP contribution in [0.2, 0.25) is 0 Å². The van der Waals surface area contributed by atoms with Crippen molar-refractivity contribution in [3.8, 4) is 5.75 Å². The summed E-state index contributed by atoms with van der Waals surface area (Å²) in [5.41, 5.74) is 0.491. The lowest BCUT2D eigenvalue weighted by molar-refractivity contribution is -0.126. The molecule has 3 rings (SSSR count). The van der Waals surface area contributed by atoms with Crippen molar-refractivity contribution in [2.75, 3.05) is 18.4 Å². The molecule has 25 heavy (non-hydrogen) atoms. The van der Waals surface area contributed by atoms with Crippen LogP contribution >= 0.6 is 0 Å². The predicted molar refractivity (Wildman–Crippen MR) is 87.5 cm³/mol. The zero-order valence-electron chi connectivity index (χ0n) is 13.7. The molecule has 0 radical (unpaired) electrons. The maximum Gasteiger partial charge on any atom is 0.387 e. The Balaban J connectivity index is 1.50. The Hall–Kier alpha value is -2.22. The molecule has 136 valence electrons. The molecule has 1 saturated carbocycles. The number of halogens is 2. The fourth-order valence-electron chi connectivity index (χ4n) is 2.94. The van der Waals surface area contributed by atoms with Crippen LogP contribution in [0.4, 0.5) is 14.5 Å². The first-order valence-electron chi connectivity index (χ1n) is 8.40. The topological polar surface area (TPSA) is 70.7 Å². The molecule has 1 aromatic rings. The summed E-state index contributed by atoms with van der Waals surface area (Å²) < 4.78 is 28.5. The second-order valence-electron chi connectivity index (χ2n) is 6.36. The van der Waals surface area contributed by atoms with E-state index in [1.54, 1.807) is 0 Å². The largest absolute Gasteiger partial charge is 0.435 e. The molecule has 8 heteroatoms. The summed E-state index contributed by atoms with van der Waals surface area (Å²) in [6.45, 7) is -2.05. The van der Waals surface area contributed by atoms with E-state index in [1.807, 2.05) is 4.90 Å². The van der Waals surface area contributed by atoms with Gasteiger partial charge in [-0.25, -0.2) is 0 Å². The molecule has 1 aliphatic heterocycles. The minimum absolute atomic E-state index is 0.00120. The third-order valence-electron chi connectivity index (χ3n) is 4.30. The summed E-state index contributed by atoms with van der Waals surface area (Å²) in [5.74, 6) is -0.209. The third-order valence-corrected chi connectivity index (χ3v) is 4.30. The highest BCUT2D eigenvalue weighted by molar-refractivity contribution is 5.93. The average molecular weight is 353 g/mol. The van der Waals surface area contributed by atoms with E-state index in [0.29, 0.717) is 18.3 Å². The number of nitrogens with zero attached hydrogens (tertiary/aromatic N) is 1. The van der Waals surface area contributed by atoms with E-state index in [-0.39, 0.29) is 30.2 Å². The predicted octanol–water partition coefficient (Wildman–Crippen LogP) is 1.97. The zero-order chi connectivity index (χ0) is 17.8. The SMILES string of the molecule is O=C(CN1CCCC1C(=O)NC1CC1)Nc1ccc(OC(F)F)cc1.